The third kappa shape index (κ3) is 1.26. The predicted octanol–water partition coefficient (Wildman–Crippen LogP) is 1.31. The first kappa shape index (κ1) is 10.5. The Bertz CT molecular complexity index is 687. The summed E-state index contributed by atoms with van der Waals surface area (Å²) in [5.74, 6) is -2.20. The molecule has 0 spiro atoms. The Morgan fingerprint density at radius 3 is 2.56 bits per heavy atom. The fraction of sp³-hybridized carbons (Fsp3) is 0.0833. The number of aromatic nitrogens is 2. The number of nitrogens with zero attached hydrogens (tertiary/aromatic N) is 2. The van der Waals surface area contributed by atoms with Crippen LogP contribution in [-0.2, 0) is 6.54 Å². The van der Waals surface area contributed by atoms with Gasteiger partial charge in [0.1, 0.15) is 5.82 Å². The highest BCUT2D eigenvalue weighted by atomic mass is 16.4. The van der Waals surface area contributed by atoms with E-state index in [0.717, 1.165) is 11.1 Å². The van der Waals surface area contributed by atoms with Gasteiger partial charge in [-0.2, -0.15) is 0 Å². The van der Waals surface area contributed by atoms with Gasteiger partial charge in [-0.15, -0.1) is 0 Å². The number of carboxylic acid groups (broad SMARTS) is 2. The summed E-state index contributed by atoms with van der Waals surface area (Å²) in [5.41, 5.74) is 1.05. The average Bonchev–Trinajstić information content (AvgIpc) is 2.83. The van der Waals surface area contributed by atoms with Crippen molar-refractivity contribution >= 4 is 11.9 Å². The van der Waals surface area contributed by atoms with Crippen molar-refractivity contribution in [3.8, 4) is 11.4 Å². The molecule has 6 nitrogen and oxygen atoms in total. The van der Waals surface area contributed by atoms with Crippen LogP contribution in [0.5, 0.6) is 0 Å². The quantitative estimate of drug-likeness (QED) is 0.709. The number of imidazole rings is 1. The lowest BCUT2D eigenvalue weighted by molar-refractivity contribution is 0.0641. The SMILES string of the molecule is O=C(O)c1nc2n(c1C(=O)O)Cc1ccccc1-2. The van der Waals surface area contributed by atoms with Crippen LogP contribution in [0.4, 0.5) is 0 Å². The third-order valence-electron chi connectivity index (χ3n) is 2.96. The molecule has 0 atom stereocenters. The third-order valence-corrected chi connectivity index (χ3v) is 2.96. The van der Waals surface area contributed by atoms with Crippen LogP contribution in [0.2, 0.25) is 0 Å². The number of fused-ring (bicyclic) bond motifs is 3. The summed E-state index contributed by atoms with van der Waals surface area (Å²) < 4.78 is 1.43. The first-order valence-corrected chi connectivity index (χ1v) is 5.25. The van der Waals surface area contributed by atoms with Crippen LogP contribution in [0.15, 0.2) is 24.3 Å². The van der Waals surface area contributed by atoms with Crippen molar-refractivity contribution in [1.82, 2.24) is 9.55 Å². The van der Waals surface area contributed by atoms with Crippen molar-refractivity contribution in [1.29, 1.82) is 0 Å². The van der Waals surface area contributed by atoms with E-state index in [0.29, 0.717) is 12.4 Å². The number of hydrogen-bond donors (Lipinski definition) is 2. The summed E-state index contributed by atoms with van der Waals surface area (Å²) >= 11 is 0. The van der Waals surface area contributed by atoms with E-state index in [1.54, 1.807) is 6.07 Å². The van der Waals surface area contributed by atoms with Crippen molar-refractivity contribution in [3.05, 3.63) is 41.2 Å². The molecule has 0 saturated heterocycles. The maximum Gasteiger partial charge on any atom is 0.357 e. The Morgan fingerprint density at radius 1 is 1.17 bits per heavy atom. The van der Waals surface area contributed by atoms with Gasteiger partial charge in [-0.1, -0.05) is 24.3 Å². The maximum absolute atomic E-state index is 11.2. The maximum atomic E-state index is 11.2. The second-order valence-electron chi connectivity index (χ2n) is 3.99. The topological polar surface area (TPSA) is 92.4 Å². The number of aromatic carboxylic acids is 2. The minimum atomic E-state index is -1.33. The molecule has 18 heavy (non-hydrogen) atoms. The smallest absolute Gasteiger partial charge is 0.357 e. The number of carboxylic acids is 2. The minimum absolute atomic E-state index is 0.270. The lowest BCUT2D eigenvalue weighted by Crippen LogP contribution is -2.12. The molecular formula is C12H8N2O4. The number of carbonyl (C=O) groups is 2. The van der Waals surface area contributed by atoms with Crippen LogP contribution in [0.1, 0.15) is 26.5 Å². The lowest BCUT2D eigenvalue weighted by atomic mass is 10.1. The summed E-state index contributed by atoms with van der Waals surface area (Å²) in [4.78, 5) is 26.1. The van der Waals surface area contributed by atoms with E-state index >= 15 is 0 Å². The molecule has 1 aromatic heterocycles. The van der Waals surface area contributed by atoms with E-state index in [9.17, 15) is 9.59 Å². The molecule has 0 bridgehead atoms. The molecule has 3 rings (SSSR count). The average molecular weight is 244 g/mol. The molecule has 0 radical (unpaired) electrons. The Morgan fingerprint density at radius 2 is 1.89 bits per heavy atom. The molecule has 6 heteroatoms. The van der Waals surface area contributed by atoms with Gasteiger partial charge < -0.3 is 14.8 Å². The molecule has 90 valence electrons. The number of benzene rings is 1. The molecule has 0 aliphatic carbocycles. The largest absolute Gasteiger partial charge is 0.476 e. The molecular weight excluding hydrogens is 236 g/mol. The molecule has 1 aliphatic rings. The van der Waals surface area contributed by atoms with Crippen molar-refractivity contribution in [2.24, 2.45) is 0 Å². The van der Waals surface area contributed by atoms with E-state index in [1.807, 2.05) is 18.2 Å². The van der Waals surface area contributed by atoms with Gasteiger partial charge in [-0.25, -0.2) is 14.6 Å². The number of rotatable bonds is 2. The van der Waals surface area contributed by atoms with Gasteiger partial charge in [-0.05, 0) is 5.56 Å². The highest BCUT2D eigenvalue weighted by Gasteiger charge is 2.31. The van der Waals surface area contributed by atoms with Crippen molar-refractivity contribution in [3.63, 3.8) is 0 Å². The first-order chi connectivity index (χ1) is 8.59. The van der Waals surface area contributed by atoms with Crippen LogP contribution < -0.4 is 0 Å². The summed E-state index contributed by atoms with van der Waals surface area (Å²) in [6.07, 6.45) is 0. The van der Waals surface area contributed by atoms with Crippen LogP contribution in [0.3, 0.4) is 0 Å². The zero-order valence-corrected chi connectivity index (χ0v) is 9.12. The van der Waals surface area contributed by atoms with Gasteiger partial charge >= 0.3 is 11.9 Å². The van der Waals surface area contributed by atoms with E-state index in [4.69, 9.17) is 10.2 Å². The predicted molar refractivity (Wildman–Crippen MR) is 60.7 cm³/mol. The zero-order valence-electron chi connectivity index (χ0n) is 9.12. The number of hydrogen-bond acceptors (Lipinski definition) is 3. The second kappa shape index (κ2) is 3.43. The Balaban J connectivity index is 2.29. The summed E-state index contributed by atoms with van der Waals surface area (Å²) in [6.45, 7) is 0.341. The molecule has 0 unspecified atom stereocenters. The molecule has 2 aromatic rings. The standard InChI is InChI=1S/C12H8N2O4/c15-11(16)8-9(12(17)18)14-5-6-3-1-2-4-7(6)10(14)13-8/h1-4H,5H2,(H,15,16)(H,17,18). The van der Waals surface area contributed by atoms with E-state index in [2.05, 4.69) is 4.98 Å². The van der Waals surface area contributed by atoms with E-state index in [-0.39, 0.29) is 5.69 Å². The summed E-state index contributed by atoms with van der Waals surface area (Å²) in [6, 6.07) is 7.34. The zero-order chi connectivity index (χ0) is 12.9. The van der Waals surface area contributed by atoms with E-state index in [1.165, 1.54) is 4.57 Å². The van der Waals surface area contributed by atoms with E-state index < -0.39 is 17.6 Å². The molecule has 2 N–H and O–H groups in total. The van der Waals surface area contributed by atoms with Gasteiger partial charge in [0.25, 0.3) is 0 Å². The van der Waals surface area contributed by atoms with Crippen molar-refractivity contribution in [2.45, 2.75) is 6.54 Å². The van der Waals surface area contributed by atoms with Crippen molar-refractivity contribution < 1.29 is 19.8 Å². The van der Waals surface area contributed by atoms with Gasteiger partial charge in [-0.3, -0.25) is 0 Å². The fourth-order valence-electron chi connectivity index (χ4n) is 2.23. The Kier molecular flexibility index (Phi) is 2.00. The van der Waals surface area contributed by atoms with Crippen LogP contribution in [0, 0.1) is 0 Å². The highest BCUT2D eigenvalue weighted by Crippen LogP contribution is 2.33. The second-order valence-corrected chi connectivity index (χ2v) is 3.99. The Hall–Kier alpha value is -2.63. The highest BCUT2D eigenvalue weighted by molar-refractivity contribution is 6.00. The van der Waals surface area contributed by atoms with Gasteiger partial charge in [0.15, 0.2) is 11.4 Å². The molecule has 1 aromatic carbocycles. The molecule has 2 heterocycles. The van der Waals surface area contributed by atoms with Gasteiger partial charge in [0.05, 0.1) is 6.54 Å². The monoisotopic (exact) mass is 244 g/mol. The minimum Gasteiger partial charge on any atom is -0.476 e. The first-order valence-electron chi connectivity index (χ1n) is 5.25. The summed E-state index contributed by atoms with van der Waals surface area (Å²) in [5, 5.41) is 18.1. The van der Waals surface area contributed by atoms with Gasteiger partial charge in [0, 0.05) is 5.56 Å². The summed E-state index contributed by atoms with van der Waals surface area (Å²) in [7, 11) is 0. The molecule has 0 fully saturated rings. The normalized spacial score (nSPS) is 12.0. The van der Waals surface area contributed by atoms with Crippen molar-refractivity contribution in [2.75, 3.05) is 0 Å². The molecule has 0 amide bonds. The fourth-order valence-corrected chi connectivity index (χ4v) is 2.23. The Labute approximate surface area is 101 Å². The van der Waals surface area contributed by atoms with Crippen LogP contribution in [-0.4, -0.2) is 31.7 Å². The molecule has 0 saturated carbocycles. The lowest BCUT2D eigenvalue weighted by Gasteiger charge is -2.00. The van der Waals surface area contributed by atoms with Crippen LogP contribution in [0.25, 0.3) is 11.4 Å². The molecule has 1 aliphatic heterocycles. The van der Waals surface area contributed by atoms with Crippen LogP contribution >= 0.6 is 0 Å². The van der Waals surface area contributed by atoms with Gasteiger partial charge in [0.2, 0.25) is 0 Å².